The molecule has 4 nitrogen and oxygen atoms in total. The Labute approximate surface area is 114 Å². The molecular formula is C15H24O4. The minimum atomic E-state index is -0.684. The first kappa shape index (κ1) is 15.9. The van der Waals surface area contributed by atoms with Gasteiger partial charge in [0.15, 0.2) is 0 Å². The molecule has 108 valence electrons. The highest BCUT2D eigenvalue weighted by Gasteiger charge is 2.49. The van der Waals surface area contributed by atoms with Crippen LogP contribution in [0.3, 0.4) is 0 Å². The first-order valence-corrected chi connectivity index (χ1v) is 6.80. The van der Waals surface area contributed by atoms with Crippen LogP contribution in [0.4, 0.5) is 0 Å². The summed E-state index contributed by atoms with van der Waals surface area (Å²) >= 11 is 0. The summed E-state index contributed by atoms with van der Waals surface area (Å²) in [6.07, 6.45) is 2.05. The van der Waals surface area contributed by atoms with E-state index in [-0.39, 0.29) is 35.3 Å². The minimum absolute atomic E-state index is 0.0400. The lowest BCUT2D eigenvalue weighted by atomic mass is 9.70. The topological polar surface area (TPSA) is 60.4 Å². The van der Waals surface area contributed by atoms with Crippen LogP contribution in [0.5, 0.6) is 0 Å². The number of hydrogen-bond acceptors (Lipinski definition) is 4. The van der Waals surface area contributed by atoms with Gasteiger partial charge in [-0.05, 0) is 52.4 Å². The van der Waals surface area contributed by atoms with E-state index in [0.717, 1.165) is 12.8 Å². The molecule has 0 saturated heterocycles. The van der Waals surface area contributed by atoms with Crippen molar-refractivity contribution in [2.75, 3.05) is 7.11 Å². The first-order valence-electron chi connectivity index (χ1n) is 6.80. The van der Waals surface area contributed by atoms with Crippen molar-refractivity contribution in [3.05, 3.63) is 0 Å². The summed E-state index contributed by atoms with van der Waals surface area (Å²) in [5, 5.41) is 0. The molecule has 1 saturated carbocycles. The van der Waals surface area contributed by atoms with Crippen LogP contribution in [0.15, 0.2) is 0 Å². The third-order valence-corrected chi connectivity index (χ3v) is 4.45. The zero-order chi connectivity index (χ0) is 14.8. The summed E-state index contributed by atoms with van der Waals surface area (Å²) in [5.74, 6) is -0.283. The molecule has 0 aromatic heterocycles. The van der Waals surface area contributed by atoms with Crippen LogP contribution in [-0.2, 0) is 19.1 Å². The van der Waals surface area contributed by atoms with Crippen molar-refractivity contribution in [1.82, 2.24) is 0 Å². The summed E-state index contributed by atoms with van der Waals surface area (Å²) in [5.41, 5.74) is -0.684. The number of carbonyl (C=O) groups excluding carboxylic acids is 3. The maximum absolute atomic E-state index is 11.9. The average Bonchev–Trinajstić information content (AvgIpc) is 2.71. The van der Waals surface area contributed by atoms with Gasteiger partial charge in [-0.25, -0.2) is 0 Å². The van der Waals surface area contributed by atoms with Gasteiger partial charge in [0.05, 0.1) is 12.5 Å². The smallest absolute Gasteiger partial charge is 0.311 e. The van der Waals surface area contributed by atoms with Gasteiger partial charge >= 0.3 is 5.97 Å². The lowest BCUT2D eigenvalue weighted by molar-refractivity contribution is -0.155. The van der Waals surface area contributed by atoms with E-state index in [2.05, 4.69) is 0 Å². The molecule has 0 radical (unpaired) electrons. The predicted molar refractivity (Wildman–Crippen MR) is 71.5 cm³/mol. The third kappa shape index (κ3) is 3.23. The number of hydrogen-bond donors (Lipinski definition) is 0. The van der Waals surface area contributed by atoms with Crippen molar-refractivity contribution in [2.24, 2.45) is 23.2 Å². The number of esters is 1. The largest absolute Gasteiger partial charge is 0.469 e. The Kier molecular flexibility index (Phi) is 4.88. The Morgan fingerprint density at radius 3 is 2.16 bits per heavy atom. The lowest BCUT2D eigenvalue weighted by Gasteiger charge is -2.33. The lowest BCUT2D eigenvalue weighted by Crippen LogP contribution is -2.39. The fourth-order valence-corrected chi connectivity index (χ4v) is 3.52. The van der Waals surface area contributed by atoms with Gasteiger partial charge in [0.25, 0.3) is 0 Å². The highest BCUT2D eigenvalue weighted by Crippen LogP contribution is 2.48. The predicted octanol–water partition coefficient (Wildman–Crippen LogP) is 2.40. The van der Waals surface area contributed by atoms with Crippen LogP contribution in [0, 0.1) is 23.2 Å². The van der Waals surface area contributed by atoms with Gasteiger partial charge in [-0.1, -0.05) is 0 Å². The van der Waals surface area contributed by atoms with Gasteiger partial charge in [-0.3, -0.25) is 9.59 Å². The SMILES string of the molecule is COC(=O)C(C)(C)[C@H]1CC[C@H](CC(C)=O)[C@@H]1C(C)=O. The van der Waals surface area contributed by atoms with Gasteiger partial charge in [0, 0.05) is 12.3 Å². The standard InChI is InChI=1S/C15H24O4/c1-9(16)8-11-6-7-12(13(11)10(2)17)15(3,4)14(18)19-5/h11-13H,6-8H2,1-5H3/t11-,12+,13+/m1/s1. The fourth-order valence-electron chi connectivity index (χ4n) is 3.52. The molecular weight excluding hydrogens is 244 g/mol. The Bertz CT molecular complexity index is 384. The number of carbonyl (C=O) groups is 3. The van der Waals surface area contributed by atoms with E-state index in [9.17, 15) is 14.4 Å². The van der Waals surface area contributed by atoms with Crippen LogP contribution >= 0.6 is 0 Å². The minimum Gasteiger partial charge on any atom is -0.469 e. The van der Waals surface area contributed by atoms with Gasteiger partial charge in [-0.15, -0.1) is 0 Å². The summed E-state index contributed by atoms with van der Waals surface area (Å²) in [7, 11) is 1.37. The molecule has 0 N–H and O–H groups in total. The number of ether oxygens (including phenoxy) is 1. The normalized spacial score (nSPS) is 27.1. The fraction of sp³-hybridized carbons (Fsp3) is 0.800. The molecule has 0 aromatic rings. The monoisotopic (exact) mass is 268 g/mol. The molecule has 0 amide bonds. The quantitative estimate of drug-likeness (QED) is 0.718. The van der Waals surface area contributed by atoms with Crippen LogP contribution in [0.25, 0.3) is 0 Å². The van der Waals surface area contributed by atoms with Crippen molar-refractivity contribution in [3.63, 3.8) is 0 Å². The number of ketones is 2. The summed E-state index contributed by atoms with van der Waals surface area (Å²) in [6.45, 7) is 6.77. The van der Waals surface area contributed by atoms with Gasteiger partial charge in [0.1, 0.15) is 11.6 Å². The zero-order valence-corrected chi connectivity index (χ0v) is 12.5. The molecule has 1 rings (SSSR count). The van der Waals surface area contributed by atoms with E-state index in [1.54, 1.807) is 13.8 Å². The number of rotatable bonds is 5. The van der Waals surface area contributed by atoms with Crippen molar-refractivity contribution in [3.8, 4) is 0 Å². The second kappa shape index (κ2) is 5.85. The van der Waals surface area contributed by atoms with E-state index >= 15 is 0 Å². The van der Waals surface area contributed by atoms with Gasteiger partial charge in [-0.2, -0.15) is 0 Å². The van der Waals surface area contributed by atoms with Gasteiger partial charge < -0.3 is 9.53 Å². The van der Waals surface area contributed by atoms with E-state index in [1.807, 2.05) is 13.8 Å². The van der Waals surface area contributed by atoms with Crippen LogP contribution < -0.4 is 0 Å². The number of methoxy groups -OCH3 is 1. The molecule has 0 unspecified atom stereocenters. The average molecular weight is 268 g/mol. The van der Waals surface area contributed by atoms with E-state index in [1.165, 1.54) is 7.11 Å². The molecule has 1 aliphatic carbocycles. The molecule has 0 spiro atoms. The van der Waals surface area contributed by atoms with Crippen LogP contribution in [-0.4, -0.2) is 24.6 Å². The molecule has 3 atom stereocenters. The maximum atomic E-state index is 11.9. The first-order chi connectivity index (χ1) is 8.71. The molecule has 0 aromatic carbocycles. The highest BCUT2D eigenvalue weighted by molar-refractivity contribution is 5.83. The third-order valence-electron chi connectivity index (χ3n) is 4.45. The Morgan fingerprint density at radius 1 is 1.16 bits per heavy atom. The van der Waals surface area contributed by atoms with Crippen molar-refractivity contribution in [1.29, 1.82) is 0 Å². The molecule has 0 aliphatic heterocycles. The van der Waals surface area contributed by atoms with E-state index < -0.39 is 5.41 Å². The second-order valence-corrected chi connectivity index (χ2v) is 6.20. The van der Waals surface area contributed by atoms with E-state index in [0.29, 0.717) is 6.42 Å². The summed E-state index contributed by atoms with van der Waals surface area (Å²) in [4.78, 5) is 35.2. The van der Waals surface area contributed by atoms with Crippen LogP contribution in [0.2, 0.25) is 0 Å². The summed E-state index contributed by atoms with van der Waals surface area (Å²) in [6, 6.07) is 0. The molecule has 0 bridgehead atoms. The van der Waals surface area contributed by atoms with E-state index in [4.69, 9.17) is 4.74 Å². The molecule has 1 fully saturated rings. The Hall–Kier alpha value is -1.19. The van der Waals surface area contributed by atoms with Crippen molar-refractivity contribution < 1.29 is 19.1 Å². The van der Waals surface area contributed by atoms with Crippen molar-refractivity contribution in [2.45, 2.75) is 47.0 Å². The molecule has 1 aliphatic rings. The zero-order valence-electron chi connectivity index (χ0n) is 12.5. The summed E-state index contributed by atoms with van der Waals surface area (Å²) < 4.78 is 4.85. The highest BCUT2D eigenvalue weighted by atomic mass is 16.5. The second-order valence-electron chi connectivity index (χ2n) is 6.20. The van der Waals surface area contributed by atoms with Crippen LogP contribution in [0.1, 0.15) is 47.0 Å². The van der Waals surface area contributed by atoms with Gasteiger partial charge in [0.2, 0.25) is 0 Å². The maximum Gasteiger partial charge on any atom is 0.311 e. The molecule has 0 heterocycles. The Balaban J connectivity index is 2.99. The molecule has 4 heteroatoms. The number of Topliss-reactive ketones (excluding diaryl/α,β-unsaturated/α-hetero) is 2. The Morgan fingerprint density at radius 2 is 1.74 bits per heavy atom. The van der Waals surface area contributed by atoms with Crippen molar-refractivity contribution >= 4 is 17.5 Å². The molecule has 19 heavy (non-hydrogen) atoms.